The predicted octanol–water partition coefficient (Wildman–Crippen LogP) is 3.40. The Morgan fingerprint density at radius 3 is 2.62 bits per heavy atom. The normalized spacial score (nSPS) is 16.6. The molecule has 4 rings (SSSR count). The third kappa shape index (κ3) is 4.10. The second-order valence-corrected chi connectivity index (χ2v) is 6.75. The summed E-state index contributed by atoms with van der Waals surface area (Å²) in [5.74, 6) is 0. The first-order valence-electron chi connectivity index (χ1n) is 9.31. The van der Waals surface area contributed by atoms with Gasteiger partial charge in [0.05, 0.1) is 18.7 Å². The van der Waals surface area contributed by atoms with Gasteiger partial charge in [-0.1, -0.05) is 54.6 Å². The van der Waals surface area contributed by atoms with E-state index in [4.69, 9.17) is 4.74 Å². The van der Waals surface area contributed by atoms with Crippen LogP contribution in [0.2, 0.25) is 0 Å². The van der Waals surface area contributed by atoms with Crippen LogP contribution in [0.3, 0.4) is 0 Å². The van der Waals surface area contributed by atoms with Crippen molar-refractivity contribution in [3.05, 3.63) is 78.0 Å². The van der Waals surface area contributed by atoms with E-state index in [9.17, 15) is 0 Å². The average molecular weight is 347 g/mol. The second-order valence-electron chi connectivity index (χ2n) is 6.75. The largest absolute Gasteiger partial charge is 0.379 e. The zero-order valence-corrected chi connectivity index (χ0v) is 15.0. The lowest BCUT2D eigenvalue weighted by Gasteiger charge is -2.31. The first-order valence-corrected chi connectivity index (χ1v) is 9.31. The average Bonchev–Trinajstić information content (AvgIpc) is 2.72. The highest BCUT2D eigenvalue weighted by Gasteiger charge is 2.18. The topological polar surface area (TPSA) is 37.4 Å². The van der Waals surface area contributed by atoms with Gasteiger partial charge >= 0.3 is 0 Å². The number of ether oxygens (including phenoxy) is 1. The van der Waals surface area contributed by atoms with Gasteiger partial charge in [0.25, 0.3) is 0 Å². The molecule has 3 aromatic rings. The van der Waals surface area contributed by atoms with Gasteiger partial charge in [0.1, 0.15) is 0 Å². The standard InChI is InChI=1S/C22H25N3O/c1-2-6-18(7-3-1)21(17-25-12-14-26-15-13-25)24-16-20-9-4-8-19-10-5-11-23-22(19)20/h1-11,21,24H,12-17H2/t21-/m0/s1. The van der Waals surface area contributed by atoms with Gasteiger partial charge in [-0.15, -0.1) is 0 Å². The first kappa shape index (κ1) is 17.2. The van der Waals surface area contributed by atoms with Crippen LogP contribution in [0.5, 0.6) is 0 Å². The molecule has 1 aliphatic heterocycles. The van der Waals surface area contributed by atoms with Crippen molar-refractivity contribution in [1.82, 2.24) is 15.2 Å². The van der Waals surface area contributed by atoms with Crippen LogP contribution in [-0.4, -0.2) is 42.7 Å². The molecule has 1 fully saturated rings. The van der Waals surface area contributed by atoms with Gasteiger partial charge in [0.2, 0.25) is 0 Å². The van der Waals surface area contributed by atoms with Crippen molar-refractivity contribution < 1.29 is 4.74 Å². The number of fused-ring (bicyclic) bond motifs is 1. The monoisotopic (exact) mass is 347 g/mol. The molecular formula is C22H25N3O. The van der Waals surface area contributed by atoms with E-state index >= 15 is 0 Å². The Morgan fingerprint density at radius 1 is 0.962 bits per heavy atom. The van der Waals surface area contributed by atoms with Crippen molar-refractivity contribution in [1.29, 1.82) is 0 Å². The Labute approximate surface area is 154 Å². The molecule has 2 heterocycles. The van der Waals surface area contributed by atoms with E-state index in [1.807, 2.05) is 12.3 Å². The molecule has 1 saturated heterocycles. The highest BCUT2D eigenvalue weighted by Crippen LogP contribution is 2.19. The molecule has 0 bridgehead atoms. The number of morpholine rings is 1. The Balaban J connectivity index is 1.52. The molecule has 0 amide bonds. The predicted molar refractivity (Wildman–Crippen MR) is 105 cm³/mol. The lowest BCUT2D eigenvalue weighted by atomic mass is 10.0. The number of hydrogen-bond donors (Lipinski definition) is 1. The first-order chi connectivity index (χ1) is 12.9. The van der Waals surface area contributed by atoms with Crippen LogP contribution >= 0.6 is 0 Å². The molecular weight excluding hydrogens is 322 g/mol. The van der Waals surface area contributed by atoms with Crippen LogP contribution in [0.15, 0.2) is 66.9 Å². The molecule has 4 heteroatoms. The van der Waals surface area contributed by atoms with Gasteiger partial charge in [-0.25, -0.2) is 0 Å². The van der Waals surface area contributed by atoms with Crippen LogP contribution in [0, 0.1) is 0 Å². The number of aromatic nitrogens is 1. The highest BCUT2D eigenvalue weighted by molar-refractivity contribution is 5.81. The van der Waals surface area contributed by atoms with Crippen molar-refractivity contribution in [2.75, 3.05) is 32.8 Å². The third-order valence-corrected chi connectivity index (χ3v) is 5.00. The minimum absolute atomic E-state index is 0.285. The molecule has 134 valence electrons. The van der Waals surface area contributed by atoms with E-state index in [1.165, 1.54) is 16.5 Å². The van der Waals surface area contributed by atoms with Gasteiger partial charge in [0.15, 0.2) is 0 Å². The number of rotatable bonds is 6. The second kappa shape index (κ2) is 8.41. The summed E-state index contributed by atoms with van der Waals surface area (Å²) in [6.45, 7) is 5.45. The molecule has 1 aromatic heterocycles. The summed E-state index contributed by atoms with van der Waals surface area (Å²) in [6, 6.07) is 21.5. The van der Waals surface area contributed by atoms with E-state index in [-0.39, 0.29) is 6.04 Å². The van der Waals surface area contributed by atoms with Crippen LogP contribution in [0.4, 0.5) is 0 Å². The molecule has 0 spiro atoms. The van der Waals surface area contributed by atoms with Gasteiger partial charge in [-0.2, -0.15) is 0 Å². The number of para-hydroxylation sites is 1. The van der Waals surface area contributed by atoms with E-state index in [1.54, 1.807) is 0 Å². The fraction of sp³-hybridized carbons (Fsp3) is 0.318. The van der Waals surface area contributed by atoms with Crippen molar-refractivity contribution in [2.24, 2.45) is 0 Å². The molecule has 0 unspecified atom stereocenters. The lowest BCUT2D eigenvalue weighted by Crippen LogP contribution is -2.41. The molecule has 26 heavy (non-hydrogen) atoms. The molecule has 0 aliphatic carbocycles. The Morgan fingerprint density at radius 2 is 1.77 bits per heavy atom. The van der Waals surface area contributed by atoms with E-state index in [0.717, 1.165) is 44.9 Å². The maximum Gasteiger partial charge on any atom is 0.0746 e. The van der Waals surface area contributed by atoms with Gasteiger partial charge in [-0.3, -0.25) is 9.88 Å². The van der Waals surface area contributed by atoms with Crippen molar-refractivity contribution >= 4 is 10.9 Å². The Kier molecular flexibility index (Phi) is 5.55. The van der Waals surface area contributed by atoms with Gasteiger partial charge in [-0.05, 0) is 17.2 Å². The third-order valence-electron chi connectivity index (χ3n) is 5.00. The van der Waals surface area contributed by atoms with Crippen LogP contribution < -0.4 is 5.32 Å². The van der Waals surface area contributed by atoms with E-state index < -0.39 is 0 Å². The van der Waals surface area contributed by atoms with Crippen LogP contribution in [0.25, 0.3) is 10.9 Å². The minimum atomic E-state index is 0.285. The summed E-state index contributed by atoms with van der Waals surface area (Å²) in [5.41, 5.74) is 3.65. The van der Waals surface area contributed by atoms with E-state index in [0.29, 0.717) is 0 Å². The summed E-state index contributed by atoms with van der Waals surface area (Å²) in [7, 11) is 0. The zero-order chi connectivity index (χ0) is 17.6. The highest BCUT2D eigenvalue weighted by atomic mass is 16.5. The number of nitrogens with one attached hydrogen (secondary N) is 1. The molecule has 1 aliphatic rings. The fourth-order valence-corrected chi connectivity index (χ4v) is 3.56. The molecule has 0 radical (unpaired) electrons. The summed E-state index contributed by atoms with van der Waals surface area (Å²) in [5, 5.41) is 4.96. The maximum atomic E-state index is 5.49. The molecule has 1 atom stereocenters. The van der Waals surface area contributed by atoms with Crippen LogP contribution in [-0.2, 0) is 11.3 Å². The van der Waals surface area contributed by atoms with Gasteiger partial charge in [0, 0.05) is 43.8 Å². The molecule has 4 nitrogen and oxygen atoms in total. The smallest absolute Gasteiger partial charge is 0.0746 e. The molecule has 2 aromatic carbocycles. The van der Waals surface area contributed by atoms with Crippen molar-refractivity contribution in [3.63, 3.8) is 0 Å². The fourth-order valence-electron chi connectivity index (χ4n) is 3.56. The van der Waals surface area contributed by atoms with Crippen LogP contribution in [0.1, 0.15) is 17.2 Å². The van der Waals surface area contributed by atoms with Gasteiger partial charge < -0.3 is 10.1 Å². The summed E-state index contributed by atoms with van der Waals surface area (Å²) in [4.78, 5) is 7.06. The summed E-state index contributed by atoms with van der Waals surface area (Å²) >= 11 is 0. The Bertz CT molecular complexity index is 826. The molecule has 1 N–H and O–H groups in total. The Hall–Kier alpha value is -2.27. The number of hydrogen-bond acceptors (Lipinski definition) is 4. The number of nitrogens with zero attached hydrogens (tertiary/aromatic N) is 2. The van der Waals surface area contributed by atoms with E-state index in [2.05, 4.69) is 69.8 Å². The lowest BCUT2D eigenvalue weighted by molar-refractivity contribution is 0.0333. The summed E-state index contributed by atoms with van der Waals surface area (Å²) in [6.07, 6.45) is 1.87. The maximum absolute atomic E-state index is 5.49. The van der Waals surface area contributed by atoms with Crippen molar-refractivity contribution in [2.45, 2.75) is 12.6 Å². The zero-order valence-electron chi connectivity index (χ0n) is 15.0. The quantitative estimate of drug-likeness (QED) is 0.742. The summed E-state index contributed by atoms with van der Waals surface area (Å²) < 4.78 is 5.49. The SMILES string of the molecule is c1ccc([C@H](CN2CCOCC2)NCc2cccc3cccnc23)cc1. The minimum Gasteiger partial charge on any atom is -0.379 e. The molecule has 0 saturated carbocycles. The number of benzene rings is 2. The van der Waals surface area contributed by atoms with Crippen molar-refractivity contribution in [3.8, 4) is 0 Å². The number of pyridine rings is 1.